The molecular weight excluding hydrogens is 206 g/mol. The molecule has 2 aromatic rings. The maximum absolute atomic E-state index is 10.8. The Hall–Kier alpha value is -2.24. The molecule has 0 saturated carbocycles. The molecule has 1 amide bonds. The van der Waals surface area contributed by atoms with Crippen LogP contribution in [0.3, 0.4) is 0 Å². The molecule has 0 aliphatic heterocycles. The normalized spacial score (nSPS) is 10.1. The maximum atomic E-state index is 10.8. The molecule has 6 heteroatoms. The minimum atomic E-state index is -0.163. The summed E-state index contributed by atoms with van der Waals surface area (Å²) in [5.41, 5.74) is 1.62. The number of rotatable bonds is 2. The summed E-state index contributed by atoms with van der Waals surface area (Å²) in [5.74, 6) is 0.281. The fourth-order valence-corrected chi connectivity index (χ4v) is 1.28. The van der Waals surface area contributed by atoms with Gasteiger partial charge in [0.05, 0.1) is 24.3 Å². The minimum absolute atomic E-state index is 0.163. The van der Waals surface area contributed by atoms with Gasteiger partial charge in [0.2, 0.25) is 5.91 Å². The van der Waals surface area contributed by atoms with Gasteiger partial charge in [-0.3, -0.25) is 14.5 Å². The van der Waals surface area contributed by atoms with Crippen LogP contribution >= 0.6 is 0 Å². The van der Waals surface area contributed by atoms with Crippen LogP contribution in [0.2, 0.25) is 0 Å². The zero-order chi connectivity index (χ0) is 11.5. The third kappa shape index (κ3) is 2.22. The van der Waals surface area contributed by atoms with Crippen LogP contribution in [0.25, 0.3) is 11.3 Å². The molecule has 0 spiro atoms. The predicted octanol–water partition coefficient (Wildman–Crippen LogP) is 0.835. The zero-order valence-electron chi connectivity index (χ0n) is 9.01. The number of aromatic nitrogens is 4. The van der Waals surface area contributed by atoms with Gasteiger partial charge in [-0.15, -0.1) is 0 Å². The molecular formula is C10H11N5O. The van der Waals surface area contributed by atoms with Crippen molar-refractivity contribution >= 4 is 11.7 Å². The molecule has 0 atom stereocenters. The second kappa shape index (κ2) is 4.09. The van der Waals surface area contributed by atoms with E-state index in [9.17, 15) is 4.79 Å². The Balaban J connectivity index is 2.22. The van der Waals surface area contributed by atoms with Gasteiger partial charge in [-0.1, -0.05) is 0 Å². The van der Waals surface area contributed by atoms with E-state index in [1.807, 2.05) is 13.2 Å². The van der Waals surface area contributed by atoms with E-state index >= 15 is 0 Å². The first-order valence-electron chi connectivity index (χ1n) is 4.74. The number of aryl methyl sites for hydroxylation is 1. The third-order valence-corrected chi connectivity index (χ3v) is 1.96. The molecule has 82 valence electrons. The van der Waals surface area contributed by atoms with Crippen molar-refractivity contribution in [1.29, 1.82) is 0 Å². The number of amides is 1. The van der Waals surface area contributed by atoms with Gasteiger partial charge in [0.1, 0.15) is 0 Å². The Bertz CT molecular complexity index is 502. The summed E-state index contributed by atoms with van der Waals surface area (Å²) in [6, 6.07) is 0. The van der Waals surface area contributed by atoms with Crippen LogP contribution in [-0.2, 0) is 11.8 Å². The van der Waals surface area contributed by atoms with Gasteiger partial charge in [-0.2, -0.15) is 5.10 Å². The molecule has 1 N–H and O–H groups in total. The van der Waals surface area contributed by atoms with Gasteiger partial charge in [-0.05, 0) is 0 Å². The topological polar surface area (TPSA) is 72.7 Å². The zero-order valence-corrected chi connectivity index (χ0v) is 9.01. The number of carbonyl (C=O) groups is 1. The molecule has 0 unspecified atom stereocenters. The number of anilines is 1. The highest BCUT2D eigenvalue weighted by molar-refractivity contribution is 5.87. The van der Waals surface area contributed by atoms with Crippen molar-refractivity contribution in [1.82, 2.24) is 19.7 Å². The number of nitrogens with one attached hydrogen (secondary N) is 1. The standard InChI is InChI=1S/C10H11N5O/c1-7(16)14-10-5-11-9(4-12-10)8-3-13-15(2)6-8/h3-6H,1-2H3,(H,12,14,16). The molecule has 0 saturated heterocycles. The first-order chi connectivity index (χ1) is 7.65. The van der Waals surface area contributed by atoms with Crippen LogP contribution in [0.4, 0.5) is 5.82 Å². The van der Waals surface area contributed by atoms with Crippen molar-refractivity contribution in [2.75, 3.05) is 5.32 Å². The molecule has 2 heterocycles. The largest absolute Gasteiger partial charge is 0.310 e. The molecule has 0 aliphatic rings. The smallest absolute Gasteiger partial charge is 0.222 e. The highest BCUT2D eigenvalue weighted by Crippen LogP contribution is 2.14. The SMILES string of the molecule is CC(=O)Nc1cnc(-c2cnn(C)c2)cn1. The molecule has 0 bridgehead atoms. The minimum Gasteiger partial charge on any atom is -0.310 e. The van der Waals surface area contributed by atoms with Gasteiger partial charge < -0.3 is 5.32 Å². The van der Waals surface area contributed by atoms with Crippen LogP contribution in [0.15, 0.2) is 24.8 Å². The second-order valence-electron chi connectivity index (χ2n) is 3.37. The van der Waals surface area contributed by atoms with Gasteiger partial charge in [0.15, 0.2) is 5.82 Å². The Morgan fingerprint density at radius 1 is 1.31 bits per heavy atom. The van der Waals surface area contributed by atoms with Crippen molar-refractivity contribution in [3.8, 4) is 11.3 Å². The fourth-order valence-electron chi connectivity index (χ4n) is 1.28. The van der Waals surface area contributed by atoms with E-state index in [1.165, 1.54) is 13.1 Å². The fraction of sp³-hybridized carbons (Fsp3) is 0.200. The highest BCUT2D eigenvalue weighted by atomic mass is 16.1. The van der Waals surface area contributed by atoms with Gasteiger partial charge >= 0.3 is 0 Å². The average molecular weight is 217 g/mol. The number of hydrogen-bond acceptors (Lipinski definition) is 4. The second-order valence-corrected chi connectivity index (χ2v) is 3.37. The van der Waals surface area contributed by atoms with E-state index in [-0.39, 0.29) is 5.91 Å². The molecule has 0 fully saturated rings. The first kappa shape index (κ1) is 10.3. The molecule has 2 rings (SSSR count). The quantitative estimate of drug-likeness (QED) is 0.808. The third-order valence-electron chi connectivity index (χ3n) is 1.96. The molecule has 16 heavy (non-hydrogen) atoms. The van der Waals surface area contributed by atoms with E-state index in [0.717, 1.165) is 11.3 Å². The van der Waals surface area contributed by atoms with Crippen LogP contribution < -0.4 is 5.32 Å². The van der Waals surface area contributed by atoms with E-state index in [4.69, 9.17) is 0 Å². The maximum Gasteiger partial charge on any atom is 0.222 e. The van der Waals surface area contributed by atoms with Crippen LogP contribution in [-0.4, -0.2) is 25.7 Å². The Labute approximate surface area is 92.3 Å². The van der Waals surface area contributed by atoms with Crippen LogP contribution in [0, 0.1) is 0 Å². The van der Waals surface area contributed by atoms with Gasteiger partial charge in [-0.25, -0.2) is 4.98 Å². The van der Waals surface area contributed by atoms with E-state index < -0.39 is 0 Å². The average Bonchev–Trinajstić information content (AvgIpc) is 2.65. The van der Waals surface area contributed by atoms with E-state index in [0.29, 0.717) is 5.82 Å². The molecule has 0 radical (unpaired) electrons. The van der Waals surface area contributed by atoms with Gasteiger partial charge in [0.25, 0.3) is 0 Å². The van der Waals surface area contributed by atoms with Crippen LogP contribution in [0.1, 0.15) is 6.92 Å². The molecule has 6 nitrogen and oxygen atoms in total. The number of nitrogens with zero attached hydrogens (tertiary/aromatic N) is 4. The summed E-state index contributed by atoms with van der Waals surface area (Å²) in [4.78, 5) is 19.0. The lowest BCUT2D eigenvalue weighted by Crippen LogP contribution is -2.07. The van der Waals surface area contributed by atoms with Crippen molar-refractivity contribution < 1.29 is 4.79 Å². The van der Waals surface area contributed by atoms with Gasteiger partial charge in [0, 0.05) is 25.7 Å². The summed E-state index contributed by atoms with van der Waals surface area (Å²) in [6.07, 6.45) is 6.68. The number of hydrogen-bond donors (Lipinski definition) is 1. The molecule has 2 aromatic heterocycles. The Morgan fingerprint density at radius 2 is 2.12 bits per heavy atom. The van der Waals surface area contributed by atoms with Crippen LogP contribution in [0.5, 0.6) is 0 Å². The summed E-state index contributed by atoms with van der Waals surface area (Å²) < 4.78 is 1.69. The van der Waals surface area contributed by atoms with E-state index in [1.54, 1.807) is 17.1 Å². The lowest BCUT2D eigenvalue weighted by atomic mass is 10.3. The monoisotopic (exact) mass is 217 g/mol. The summed E-state index contributed by atoms with van der Waals surface area (Å²) in [7, 11) is 1.84. The Morgan fingerprint density at radius 3 is 2.62 bits per heavy atom. The van der Waals surface area contributed by atoms with Crippen molar-refractivity contribution in [2.24, 2.45) is 7.05 Å². The predicted molar refractivity (Wildman–Crippen MR) is 58.5 cm³/mol. The van der Waals surface area contributed by atoms with E-state index in [2.05, 4.69) is 20.4 Å². The molecule has 0 aliphatic carbocycles. The summed E-state index contributed by atoms with van der Waals surface area (Å²) >= 11 is 0. The summed E-state index contributed by atoms with van der Waals surface area (Å²) in [5, 5.41) is 6.60. The molecule has 0 aromatic carbocycles. The lowest BCUT2D eigenvalue weighted by molar-refractivity contribution is -0.114. The lowest BCUT2D eigenvalue weighted by Gasteiger charge is -2.00. The Kier molecular flexibility index (Phi) is 2.63. The van der Waals surface area contributed by atoms with Crippen molar-refractivity contribution in [3.05, 3.63) is 24.8 Å². The first-order valence-corrected chi connectivity index (χ1v) is 4.74. The highest BCUT2D eigenvalue weighted by Gasteiger charge is 2.03. The number of carbonyl (C=O) groups excluding carboxylic acids is 1. The van der Waals surface area contributed by atoms with Crippen molar-refractivity contribution in [2.45, 2.75) is 6.92 Å². The summed E-state index contributed by atoms with van der Waals surface area (Å²) in [6.45, 7) is 1.43. The van der Waals surface area contributed by atoms with Crippen molar-refractivity contribution in [3.63, 3.8) is 0 Å².